The van der Waals surface area contributed by atoms with Crippen molar-refractivity contribution < 1.29 is 18.0 Å². The van der Waals surface area contributed by atoms with E-state index in [9.17, 15) is 18.0 Å². The fraction of sp³-hybridized carbons (Fsp3) is 0.312. The van der Waals surface area contributed by atoms with Crippen LogP contribution in [0.3, 0.4) is 0 Å². The molecule has 2 aromatic rings. The highest BCUT2D eigenvalue weighted by atomic mass is 79.9. The van der Waals surface area contributed by atoms with E-state index in [2.05, 4.69) is 21.2 Å². The first-order valence-electron chi connectivity index (χ1n) is 6.97. The minimum absolute atomic E-state index is 0.0863. The Hall–Kier alpha value is -1.34. The van der Waals surface area contributed by atoms with E-state index in [4.69, 9.17) is 0 Å². The van der Waals surface area contributed by atoms with Crippen LogP contribution < -0.4 is 5.32 Å². The van der Waals surface area contributed by atoms with Gasteiger partial charge in [0, 0.05) is 9.35 Å². The second-order valence-corrected chi connectivity index (χ2v) is 7.14. The summed E-state index contributed by atoms with van der Waals surface area (Å²) in [5.41, 5.74) is -0.626. The Morgan fingerprint density at radius 3 is 2.52 bits per heavy atom. The number of nitrogens with one attached hydrogen (secondary N) is 1. The van der Waals surface area contributed by atoms with E-state index in [1.54, 1.807) is 19.1 Å². The molecule has 2 nitrogen and oxygen atoms in total. The topological polar surface area (TPSA) is 29.1 Å². The molecule has 1 aromatic carbocycles. The Kier molecular flexibility index (Phi) is 5.52. The van der Waals surface area contributed by atoms with Crippen LogP contribution in [0, 0.1) is 6.92 Å². The molecule has 2 rings (SSSR count). The summed E-state index contributed by atoms with van der Waals surface area (Å²) in [6, 6.07) is 6.33. The molecule has 1 unspecified atom stereocenters. The number of carbonyl (C=O) groups is 1. The standard InChI is InChI=1S/C16H15BrF3NOS/c1-3-13(10-6-4-5-7-11(10)16(18,19)20)21-15(22)14-8-12(17)9(2)23-14/h4-8,13H,3H2,1-2H3,(H,21,22). The van der Waals surface area contributed by atoms with Crippen molar-refractivity contribution in [3.63, 3.8) is 0 Å². The first-order valence-corrected chi connectivity index (χ1v) is 8.58. The number of thiophene rings is 1. The van der Waals surface area contributed by atoms with E-state index >= 15 is 0 Å². The van der Waals surface area contributed by atoms with Crippen molar-refractivity contribution in [1.82, 2.24) is 5.32 Å². The molecule has 1 N–H and O–H groups in total. The Morgan fingerprint density at radius 2 is 2.00 bits per heavy atom. The predicted octanol–water partition coefficient (Wildman–Crippen LogP) is 5.72. The van der Waals surface area contributed by atoms with Crippen LogP contribution in [0.4, 0.5) is 13.2 Å². The molecular weight excluding hydrogens is 391 g/mol. The molecule has 1 heterocycles. The summed E-state index contributed by atoms with van der Waals surface area (Å²) in [5.74, 6) is -0.368. The van der Waals surface area contributed by atoms with Gasteiger partial charge in [-0.2, -0.15) is 13.2 Å². The van der Waals surface area contributed by atoms with Crippen LogP contribution in [-0.4, -0.2) is 5.91 Å². The van der Waals surface area contributed by atoms with Crippen molar-refractivity contribution in [2.75, 3.05) is 0 Å². The zero-order valence-electron chi connectivity index (χ0n) is 12.5. The molecule has 0 spiro atoms. The van der Waals surface area contributed by atoms with Gasteiger partial charge in [-0.25, -0.2) is 0 Å². The summed E-state index contributed by atoms with van der Waals surface area (Å²) in [7, 11) is 0. The van der Waals surface area contributed by atoms with Crippen molar-refractivity contribution in [2.45, 2.75) is 32.5 Å². The lowest BCUT2D eigenvalue weighted by molar-refractivity contribution is -0.138. The number of halogens is 4. The molecule has 23 heavy (non-hydrogen) atoms. The monoisotopic (exact) mass is 405 g/mol. The quantitative estimate of drug-likeness (QED) is 0.692. The highest BCUT2D eigenvalue weighted by molar-refractivity contribution is 9.10. The van der Waals surface area contributed by atoms with Gasteiger partial charge in [-0.3, -0.25) is 4.79 Å². The van der Waals surface area contributed by atoms with Crippen LogP contribution in [0.15, 0.2) is 34.8 Å². The Balaban J connectivity index is 2.29. The highest BCUT2D eigenvalue weighted by Gasteiger charge is 2.35. The number of alkyl halides is 3. The third-order valence-corrected chi connectivity index (χ3v) is 5.57. The molecule has 1 aromatic heterocycles. The molecule has 124 valence electrons. The smallest absolute Gasteiger partial charge is 0.345 e. The summed E-state index contributed by atoms with van der Waals surface area (Å²) < 4.78 is 40.3. The SMILES string of the molecule is CCC(NC(=O)c1cc(Br)c(C)s1)c1ccccc1C(F)(F)F. The summed E-state index contributed by atoms with van der Waals surface area (Å²) in [5, 5.41) is 2.70. The Bertz CT molecular complexity index is 692. The van der Waals surface area contributed by atoms with Gasteiger partial charge in [0.25, 0.3) is 5.91 Å². The summed E-state index contributed by atoms with van der Waals surface area (Å²) in [6.45, 7) is 3.61. The van der Waals surface area contributed by atoms with Gasteiger partial charge in [0.1, 0.15) is 0 Å². The zero-order valence-corrected chi connectivity index (χ0v) is 14.9. The maximum atomic E-state index is 13.1. The molecule has 0 saturated carbocycles. The molecular formula is C16H15BrF3NOS. The van der Waals surface area contributed by atoms with Gasteiger partial charge >= 0.3 is 6.18 Å². The van der Waals surface area contributed by atoms with E-state index in [1.807, 2.05) is 6.92 Å². The first kappa shape index (κ1) is 18.0. The molecule has 0 fully saturated rings. The average Bonchev–Trinajstić information content (AvgIpc) is 2.83. The molecule has 0 radical (unpaired) electrons. The third kappa shape index (κ3) is 4.14. The fourth-order valence-corrected chi connectivity index (χ4v) is 3.70. The molecule has 0 aliphatic carbocycles. The van der Waals surface area contributed by atoms with Crippen LogP contribution in [0.2, 0.25) is 0 Å². The minimum atomic E-state index is -4.45. The first-order chi connectivity index (χ1) is 10.7. The lowest BCUT2D eigenvalue weighted by Gasteiger charge is -2.21. The van der Waals surface area contributed by atoms with Crippen LogP contribution in [-0.2, 0) is 6.18 Å². The predicted molar refractivity (Wildman–Crippen MR) is 88.7 cm³/mol. The number of hydrogen-bond donors (Lipinski definition) is 1. The maximum Gasteiger partial charge on any atom is 0.416 e. The molecule has 1 atom stereocenters. The third-order valence-electron chi connectivity index (χ3n) is 3.44. The van der Waals surface area contributed by atoms with E-state index in [0.29, 0.717) is 11.3 Å². The van der Waals surface area contributed by atoms with Gasteiger partial charge in [0.15, 0.2) is 0 Å². The normalized spacial score (nSPS) is 13.0. The number of benzene rings is 1. The number of amides is 1. The lowest BCUT2D eigenvalue weighted by Crippen LogP contribution is -2.29. The number of aryl methyl sites for hydroxylation is 1. The molecule has 0 saturated heterocycles. The second-order valence-electron chi connectivity index (χ2n) is 5.03. The van der Waals surface area contributed by atoms with Gasteiger partial charge in [0.2, 0.25) is 0 Å². The van der Waals surface area contributed by atoms with Crippen molar-refractivity contribution in [3.8, 4) is 0 Å². The molecule has 7 heteroatoms. The van der Waals surface area contributed by atoms with Crippen molar-refractivity contribution in [1.29, 1.82) is 0 Å². The van der Waals surface area contributed by atoms with Gasteiger partial charge in [-0.1, -0.05) is 25.1 Å². The van der Waals surface area contributed by atoms with E-state index < -0.39 is 17.8 Å². The van der Waals surface area contributed by atoms with E-state index in [0.717, 1.165) is 15.4 Å². The zero-order chi connectivity index (χ0) is 17.2. The maximum absolute atomic E-state index is 13.1. The van der Waals surface area contributed by atoms with Crippen molar-refractivity contribution >= 4 is 33.2 Å². The average molecular weight is 406 g/mol. The Labute approximate surface area is 144 Å². The van der Waals surface area contributed by atoms with Crippen LogP contribution in [0.1, 0.15) is 45.1 Å². The van der Waals surface area contributed by atoms with Crippen molar-refractivity contribution in [3.05, 3.63) is 55.7 Å². The van der Waals surface area contributed by atoms with Gasteiger partial charge in [0.05, 0.1) is 16.5 Å². The van der Waals surface area contributed by atoms with Crippen LogP contribution in [0.25, 0.3) is 0 Å². The largest absolute Gasteiger partial charge is 0.416 e. The second kappa shape index (κ2) is 7.05. The van der Waals surface area contributed by atoms with Gasteiger partial charge in [-0.15, -0.1) is 11.3 Å². The van der Waals surface area contributed by atoms with Gasteiger partial charge in [-0.05, 0) is 47.0 Å². The molecule has 1 amide bonds. The van der Waals surface area contributed by atoms with E-state index in [-0.39, 0.29) is 11.5 Å². The number of carbonyl (C=O) groups excluding carboxylic acids is 1. The lowest BCUT2D eigenvalue weighted by atomic mass is 9.98. The van der Waals surface area contributed by atoms with Gasteiger partial charge < -0.3 is 5.32 Å². The molecule has 0 bridgehead atoms. The van der Waals surface area contributed by atoms with Crippen LogP contribution >= 0.6 is 27.3 Å². The molecule has 0 aliphatic rings. The Morgan fingerprint density at radius 1 is 1.35 bits per heavy atom. The fourth-order valence-electron chi connectivity index (χ4n) is 2.26. The summed E-state index contributed by atoms with van der Waals surface area (Å²) in [6.07, 6.45) is -4.08. The highest BCUT2D eigenvalue weighted by Crippen LogP contribution is 2.35. The summed E-state index contributed by atoms with van der Waals surface area (Å²) in [4.78, 5) is 13.7. The number of rotatable bonds is 4. The minimum Gasteiger partial charge on any atom is -0.345 e. The molecule has 0 aliphatic heterocycles. The summed E-state index contributed by atoms with van der Waals surface area (Å²) >= 11 is 4.63. The van der Waals surface area contributed by atoms with Crippen molar-refractivity contribution in [2.24, 2.45) is 0 Å². The van der Waals surface area contributed by atoms with E-state index in [1.165, 1.54) is 23.5 Å². The number of hydrogen-bond acceptors (Lipinski definition) is 2. The van der Waals surface area contributed by atoms with Crippen LogP contribution in [0.5, 0.6) is 0 Å².